The fourth-order valence-corrected chi connectivity index (χ4v) is 1.88. The molecule has 1 aliphatic rings. The van der Waals surface area contributed by atoms with Crippen molar-refractivity contribution in [2.24, 2.45) is 5.90 Å². The monoisotopic (exact) mass is 230 g/mol. The molecule has 2 atom stereocenters. The molecule has 2 N–H and O–H groups in total. The molecule has 0 heterocycles. The number of rotatable bonds is 2. The van der Waals surface area contributed by atoms with Crippen molar-refractivity contribution in [3.8, 4) is 0 Å². The van der Waals surface area contributed by atoms with Crippen LogP contribution in [0, 0.1) is 0 Å². The molecule has 0 bridgehead atoms. The fourth-order valence-electron chi connectivity index (χ4n) is 1.88. The second-order valence-corrected chi connectivity index (χ2v) is 5.32. The van der Waals surface area contributed by atoms with Crippen LogP contribution in [0.1, 0.15) is 40.0 Å². The van der Waals surface area contributed by atoms with Crippen molar-refractivity contribution in [1.82, 2.24) is 4.90 Å². The Morgan fingerprint density at radius 1 is 1.38 bits per heavy atom. The predicted molar refractivity (Wildman–Crippen MR) is 60.7 cm³/mol. The van der Waals surface area contributed by atoms with Crippen LogP contribution in [0.2, 0.25) is 0 Å². The summed E-state index contributed by atoms with van der Waals surface area (Å²) < 4.78 is 5.30. The summed E-state index contributed by atoms with van der Waals surface area (Å²) in [6.45, 7) is 5.58. The van der Waals surface area contributed by atoms with E-state index in [0.717, 1.165) is 19.3 Å². The molecule has 5 nitrogen and oxygen atoms in total. The molecule has 2 unspecified atom stereocenters. The predicted octanol–water partition coefficient (Wildman–Crippen LogP) is 1.66. The number of hydrogen-bond donors (Lipinski definition) is 1. The lowest BCUT2D eigenvalue weighted by molar-refractivity contribution is 0.0184. The summed E-state index contributed by atoms with van der Waals surface area (Å²) in [5.41, 5.74) is -0.451. The van der Waals surface area contributed by atoms with Crippen molar-refractivity contribution in [1.29, 1.82) is 0 Å². The highest BCUT2D eigenvalue weighted by Crippen LogP contribution is 2.25. The second-order valence-electron chi connectivity index (χ2n) is 5.32. The van der Waals surface area contributed by atoms with E-state index in [-0.39, 0.29) is 18.2 Å². The number of carbonyl (C=O) groups excluding carboxylic acids is 1. The minimum Gasteiger partial charge on any atom is -0.444 e. The Kier molecular flexibility index (Phi) is 4.15. The van der Waals surface area contributed by atoms with Gasteiger partial charge in [-0.05, 0) is 40.0 Å². The average molecular weight is 230 g/mol. The zero-order valence-corrected chi connectivity index (χ0v) is 10.5. The topological polar surface area (TPSA) is 64.8 Å². The SMILES string of the molecule is CN(C(=O)OC(C)(C)C)C1CCC(ON)C1. The molecule has 1 fully saturated rings. The fraction of sp³-hybridized carbons (Fsp3) is 0.909. The molecule has 0 saturated heterocycles. The molecule has 16 heavy (non-hydrogen) atoms. The molecule has 0 aromatic carbocycles. The van der Waals surface area contributed by atoms with E-state index in [0.29, 0.717) is 0 Å². The van der Waals surface area contributed by atoms with E-state index in [4.69, 9.17) is 15.5 Å². The Balaban J connectivity index is 2.46. The standard InChI is InChI=1S/C11H22N2O3/c1-11(2,3)15-10(14)13(4)8-5-6-9(7-8)16-12/h8-9H,5-7,12H2,1-4H3. The Morgan fingerprint density at radius 3 is 2.44 bits per heavy atom. The zero-order chi connectivity index (χ0) is 12.3. The van der Waals surface area contributed by atoms with Crippen molar-refractivity contribution in [3.05, 3.63) is 0 Å². The van der Waals surface area contributed by atoms with Crippen molar-refractivity contribution in [3.63, 3.8) is 0 Å². The highest BCUT2D eigenvalue weighted by molar-refractivity contribution is 5.68. The van der Waals surface area contributed by atoms with Crippen LogP contribution in [-0.4, -0.2) is 35.8 Å². The average Bonchev–Trinajstić information content (AvgIpc) is 2.61. The largest absolute Gasteiger partial charge is 0.444 e. The van der Waals surface area contributed by atoms with Gasteiger partial charge in [0.25, 0.3) is 0 Å². The highest BCUT2D eigenvalue weighted by atomic mass is 16.6. The van der Waals surface area contributed by atoms with Crippen LogP contribution in [0.4, 0.5) is 4.79 Å². The van der Waals surface area contributed by atoms with Crippen molar-refractivity contribution >= 4 is 6.09 Å². The van der Waals surface area contributed by atoms with E-state index in [1.165, 1.54) is 0 Å². The zero-order valence-electron chi connectivity index (χ0n) is 10.5. The van der Waals surface area contributed by atoms with Gasteiger partial charge in [0.1, 0.15) is 5.60 Å². The van der Waals surface area contributed by atoms with Gasteiger partial charge in [0.2, 0.25) is 0 Å². The van der Waals surface area contributed by atoms with Gasteiger partial charge in [-0.2, -0.15) is 0 Å². The first-order valence-corrected chi connectivity index (χ1v) is 5.65. The maximum Gasteiger partial charge on any atom is 0.410 e. The van der Waals surface area contributed by atoms with E-state index in [1.807, 2.05) is 20.8 Å². The van der Waals surface area contributed by atoms with Gasteiger partial charge in [0.15, 0.2) is 0 Å². The highest BCUT2D eigenvalue weighted by Gasteiger charge is 2.32. The lowest BCUT2D eigenvalue weighted by Gasteiger charge is -2.28. The smallest absolute Gasteiger partial charge is 0.410 e. The van der Waals surface area contributed by atoms with Crippen LogP contribution in [0.5, 0.6) is 0 Å². The maximum absolute atomic E-state index is 11.8. The van der Waals surface area contributed by atoms with Gasteiger partial charge in [-0.25, -0.2) is 10.7 Å². The third-order valence-electron chi connectivity index (χ3n) is 2.78. The molecule has 94 valence electrons. The third-order valence-corrected chi connectivity index (χ3v) is 2.78. The van der Waals surface area contributed by atoms with Gasteiger partial charge in [-0.1, -0.05) is 0 Å². The van der Waals surface area contributed by atoms with Crippen molar-refractivity contribution in [2.75, 3.05) is 7.05 Å². The first kappa shape index (κ1) is 13.3. The molecule has 5 heteroatoms. The number of nitrogens with zero attached hydrogens (tertiary/aromatic N) is 1. The van der Waals surface area contributed by atoms with Crippen LogP contribution in [0.25, 0.3) is 0 Å². The molecule has 0 radical (unpaired) electrons. The molecule has 1 saturated carbocycles. The summed E-state index contributed by atoms with van der Waals surface area (Å²) in [4.78, 5) is 18.2. The van der Waals surface area contributed by atoms with Gasteiger partial charge in [-0.15, -0.1) is 0 Å². The lowest BCUT2D eigenvalue weighted by atomic mass is 10.2. The van der Waals surface area contributed by atoms with E-state index < -0.39 is 5.60 Å². The Hall–Kier alpha value is -0.810. The van der Waals surface area contributed by atoms with E-state index in [9.17, 15) is 4.79 Å². The van der Waals surface area contributed by atoms with Crippen LogP contribution >= 0.6 is 0 Å². The first-order chi connectivity index (χ1) is 7.33. The molecule has 1 rings (SSSR count). The number of nitrogens with two attached hydrogens (primary N) is 1. The van der Waals surface area contributed by atoms with Gasteiger partial charge < -0.3 is 14.5 Å². The first-order valence-electron chi connectivity index (χ1n) is 5.65. The minimum absolute atomic E-state index is 0.0647. The number of ether oxygens (including phenoxy) is 1. The lowest BCUT2D eigenvalue weighted by Crippen LogP contribution is -2.40. The summed E-state index contributed by atoms with van der Waals surface area (Å²) in [6.07, 6.45) is 2.38. The summed E-state index contributed by atoms with van der Waals surface area (Å²) in [6, 6.07) is 0.170. The van der Waals surface area contributed by atoms with E-state index >= 15 is 0 Å². The van der Waals surface area contributed by atoms with Crippen LogP contribution in [0.15, 0.2) is 0 Å². The molecule has 0 aromatic rings. The molecule has 0 spiro atoms. The molecule has 1 aliphatic carbocycles. The van der Waals surface area contributed by atoms with Crippen LogP contribution in [-0.2, 0) is 9.57 Å². The minimum atomic E-state index is -0.451. The van der Waals surface area contributed by atoms with Crippen LogP contribution in [0.3, 0.4) is 0 Å². The Labute approximate surface area is 96.8 Å². The summed E-state index contributed by atoms with van der Waals surface area (Å²) in [7, 11) is 1.76. The normalized spacial score (nSPS) is 25.6. The Bertz CT molecular complexity index is 250. The molecule has 0 aromatic heterocycles. The summed E-state index contributed by atoms with van der Waals surface area (Å²) in [5, 5.41) is 0. The second kappa shape index (κ2) is 5.01. The van der Waals surface area contributed by atoms with Gasteiger partial charge in [-0.3, -0.25) is 0 Å². The molecule has 1 amide bonds. The number of hydrogen-bond acceptors (Lipinski definition) is 4. The van der Waals surface area contributed by atoms with E-state index in [2.05, 4.69) is 0 Å². The quantitative estimate of drug-likeness (QED) is 0.733. The van der Waals surface area contributed by atoms with Gasteiger partial charge in [0, 0.05) is 13.1 Å². The number of amides is 1. The summed E-state index contributed by atoms with van der Waals surface area (Å²) in [5.74, 6) is 5.14. The number of carbonyl (C=O) groups is 1. The van der Waals surface area contributed by atoms with Gasteiger partial charge >= 0.3 is 6.09 Å². The van der Waals surface area contributed by atoms with E-state index in [1.54, 1.807) is 11.9 Å². The van der Waals surface area contributed by atoms with Crippen LogP contribution < -0.4 is 5.90 Å². The van der Waals surface area contributed by atoms with Crippen molar-refractivity contribution < 1.29 is 14.4 Å². The van der Waals surface area contributed by atoms with Crippen molar-refractivity contribution in [2.45, 2.75) is 57.8 Å². The molecular weight excluding hydrogens is 208 g/mol. The van der Waals surface area contributed by atoms with Gasteiger partial charge in [0.05, 0.1) is 6.10 Å². The molecular formula is C11H22N2O3. The summed E-state index contributed by atoms with van der Waals surface area (Å²) >= 11 is 0. The maximum atomic E-state index is 11.8. The molecule has 0 aliphatic heterocycles. The Morgan fingerprint density at radius 2 is 2.00 bits per heavy atom. The third kappa shape index (κ3) is 3.64.